The standard InChI is InChI=1S/C25H43N5O2/c1-20(2)17-30-13-14-32-24(19-30)16-28-25(26-3)27-15-21-9-11-29(12-10-21)18-22-5-7-23(31-4)8-6-22/h5-8,20-21,24H,9-19H2,1-4H3,(H2,26,27,28). The molecule has 3 rings (SSSR count). The van der Waals surface area contributed by atoms with Gasteiger partial charge < -0.3 is 20.1 Å². The summed E-state index contributed by atoms with van der Waals surface area (Å²) in [5, 5.41) is 7.01. The third kappa shape index (κ3) is 8.26. The first-order chi connectivity index (χ1) is 15.6. The van der Waals surface area contributed by atoms with Crippen LogP contribution in [-0.2, 0) is 11.3 Å². The first-order valence-corrected chi connectivity index (χ1v) is 12.2. The van der Waals surface area contributed by atoms with E-state index in [4.69, 9.17) is 9.47 Å². The third-order valence-corrected chi connectivity index (χ3v) is 6.40. The Labute approximate surface area is 194 Å². The molecule has 2 heterocycles. The molecule has 0 amide bonds. The van der Waals surface area contributed by atoms with Crippen LogP contribution in [0.2, 0.25) is 0 Å². The van der Waals surface area contributed by atoms with E-state index < -0.39 is 0 Å². The minimum absolute atomic E-state index is 0.224. The van der Waals surface area contributed by atoms with Crippen molar-refractivity contribution in [3.8, 4) is 5.75 Å². The van der Waals surface area contributed by atoms with Crippen molar-refractivity contribution in [1.29, 1.82) is 0 Å². The molecule has 1 unspecified atom stereocenters. The number of aliphatic imine (C=N–C) groups is 1. The lowest BCUT2D eigenvalue weighted by molar-refractivity contribution is -0.0284. The lowest BCUT2D eigenvalue weighted by Gasteiger charge is -2.34. The second-order valence-electron chi connectivity index (χ2n) is 9.55. The maximum Gasteiger partial charge on any atom is 0.191 e. The van der Waals surface area contributed by atoms with Crippen LogP contribution >= 0.6 is 0 Å². The smallest absolute Gasteiger partial charge is 0.191 e. The van der Waals surface area contributed by atoms with E-state index in [0.717, 1.165) is 70.7 Å². The van der Waals surface area contributed by atoms with Gasteiger partial charge in [0.25, 0.3) is 0 Å². The van der Waals surface area contributed by atoms with Gasteiger partial charge in [0, 0.05) is 46.3 Å². The SMILES string of the molecule is CN=C(NCC1CCN(Cc2ccc(OC)cc2)CC1)NCC1CN(CC(C)C)CCO1. The highest BCUT2D eigenvalue weighted by Gasteiger charge is 2.22. The normalized spacial score (nSPS) is 21.7. The van der Waals surface area contributed by atoms with Crippen LogP contribution in [0.3, 0.4) is 0 Å². The van der Waals surface area contributed by atoms with Gasteiger partial charge in [-0.15, -0.1) is 0 Å². The van der Waals surface area contributed by atoms with E-state index in [2.05, 4.69) is 51.4 Å². The number of nitrogens with zero attached hydrogens (tertiary/aromatic N) is 3. The van der Waals surface area contributed by atoms with E-state index in [0.29, 0.717) is 11.8 Å². The molecular weight excluding hydrogens is 402 g/mol. The van der Waals surface area contributed by atoms with Crippen LogP contribution in [0.1, 0.15) is 32.3 Å². The quantitative estimate of drug-likeness (QED) is 0.450. The van der Waals surface area contributed by atoms with Crippen molar-refractivity contribution in [1.82, 2.24) is 20.4 Å². The van der Waals surface area contributed by atoms with Gasteiger partial charge in [-0.1, -0.05) is 26.0 Å². The van der Waals surface area contributed by atoms with E-state index in [1.807, 2.05) is 19.2 Å². The molecule has 2 N–H and O–H groups in total. The third-order valence-electron chi connectivity index (χ3n) is 6.40. The number of ether oxygens (including phenoxy) is 2. The molecule has 180 valence electrons. The number of benzene rings is 1. The first kappa shape index (κ1) is 24.8. The summed E-state index contributed by atoms with van der Waals surface area (Å²) < 4.78 is 11.2. The summed E-state index contributed by atoms with van der Waals surface area (Å²) in [6, 6.07) is 8.43. The number of piperidine rings is 1. The molecule has 0 bridgehead atoms. The second-order valence-corrected chi connectivity index (χ2v) is 9.55. The van der Waals surface area contributed by atoms with Crippen LogP contribution in [0.15, 0.2) is 29.3 Å². The van der Waals surface area contributed by atoms with Gasteiger partial charge in [-0.3, -0.25) is 14.8 Å². The molecule has 1 aromatic carbocycles. The van der Waals surface area contributed by atoms with Crippen molar-refractivity contribution in [3.05, 3.63) is 29.8 Å². The van der Waals surface area contributed by atoms with Crippen LogP contribution in [0.5, 0.6) is 5.75 Å². The Balaban J connectivity index is 1.32. The molecule has 2 fully saturated rings. The highest BCUT2D eigenvalue weighted by molar-refractivity contribution is 5.79. The molecule has 7 heteroatoms. The largest absolute Gasteiger partial charge is 0.497 e. The van der Waals surface area contributed by atoms with E-state index >= 15 is 0 Å². The first-order valence-electron chi connectivity index (χ1n) is 12.2. The highest BCUT2D eigenvalue weighted by atomic mass is 16.5. The topological polar surface area (TPSA) is 61.4 Å². The van der Waals surface area contributed by atoms with E-state index in [1.165, 1.54) is 18.4 Å². The Morgan fingerprint density at radius 3 is 2.47 bits per heavy atom. The molecule has 1 atom stereocenters. The average Bonchev–Trinajstić information content (AvgIpc) is 2.80. The minimum atomic E-state index is 0.224. The van der Waals surface area contributed by atoms with Gasteiger partial charge in [0.2, 0.25) is 0 Å². The monoisotopic (exact) mass is 445 g/mol. The highest BCUT2D eigenvalue weighted by Crippen LogP contribution is 2.19. The number of guanidine groups is 1. The van der Waals surface area contributed by atoms with Gasteiger partial charge in [0.05, 0.1) is 19.8 Å². The van der Waals surface area contributed by atoms with Crippen molar-refractivity contribution in [2.24, 2.45) is 16.8 Å². The van der Waals surface area contributed by atoms with Crippen LogP contribution in [0.25, 0.3) is 0 Å². The Morgan fingerprint density at radius 1 is 1.09 bits per heavy atom. The summed E-state index contributed by atoms with van der Waals surface area (Å²) in [6.45, 7) is 13.6. The second kappa shape index (κ2) is 13.0. The number of hydrogen-bond donors (Lipinski definition) is 2. The van der Waals surface area contributed by atoms with Gasteiger partial charge in [-0.25, -0.2) is 0 Å². The lowest BCUT2D eigenvalue weighted by atomic mass is 9.96. The zero-order chi connectivity index (χ0) is 22.8. The maximum atomic E-state index is 5.95. The number of rotatable bonds is 9. The summed E-state index contributed by atoms with van der Waals surface area (Å²) in [6.07, 6.45) is 2.66. The predicted molar refractivity (Wildman–Crippen MR) is 131 cm³/mol. The Morgan fingerprint density at radius 2 is 1.81 bits per heavy atom. The molecule has 0 spiro atoms. The lowest BCUT2D eigenvalue weighted by Crippen LogP contribution is -2.50. The zero-order valence-electron chi connectivity index (χ0n) is 20.5. The molecule has 2 aliphatic heterocycles. The molecule has 1 aromatic rings. The van der Waals surface area contributed by atoms with Gasteiger partial charge >= 0.3 is 0 Å². The van der Waals surface area contributed by atoms with Crippen molar-refractivity contribution in [2.75, 3.05) is 66.6 Å². The number of nitrogens with one attached hydrogen (secondary N) is 2. The number of likely N-dealkylation sites (tertiary alicyclic amines) is 1. The average molecular weight is 446 g/mol. The fourth-order valence-corrected chi connectivity index (χ4v) is 4.60. The Hall–Kier alpha value is -1.83. The summed E-state index contributed by atoms with van der Waals surface area (Å²) >= 11 is 0. The van der Waals surface area contributed by atoms with Gasteiger partial charge in [-0.05, 0) is 55.5 Å². The number of hydrogen-bond acceptors (Lipinski definition) is 5. The van der Waals surface area contributed by atoms with Gasteiger partial charge in [0.1, 0.15) is 5.75 Å². The predicted octanol–water partition coefficient (Wildman–Crippen LogP) is 2.43. The molecule has 2 saturated heterocycles. The minimum Gasteiger partial charge on any atom is -0.497 e. The van der Waals surface area contributed by atoms with E-state index in [1.54, 1.807) is 7.11 Å². The molecule has 32 heavy (non-hydrogen) atoms. The summed E-state index contributed by atoms with van der Waals surface area (Å²) in [4.78, 5) is 9.47. The summed E-state index contributed by atoms with van der Waals surface area (Å²) in [5.41, 5.74) is 1.35. The van der Waals surface area contributed by atoms with Crippen molar-refractivity contribution < 1.29 is 9.47 Å². The van der Waals surface area contributed by atoms with Crippen LogP contribution in [0, 0.1) is 11.8 Å². The fraction of sp³-hybridized carbons (Fsp3) is 0.720. The van der Waals surface area contributed by atoms with Crippen LogP contribution < -0.4 is 15.4 Å². The van der Waals surface area contributed by atoms with Crippen LogP contribution in [-0.4, -0.2) is 88.4 Å². The molecule has 2 aliphatic rings. The number of morpholine rings is 1. The van der Waals surface area contributed by atoms with Crippen molar-refractivity contribution in [3.63, 3.8) is 0 Å². The van der Waals surface area contributed by atoms with Gasteiger partial charge in [-0.2, -0.15) is 0 Å². The number of methoxy groups -OCH3 is 1. The Bertz CT molecular complexity index is 686. The van der Waals surface area contributed by atoms with E-state index in [9.17, 15) is 0 Å². The maximum absolute atomic E-state index is 5.95. The molecule has 7 nitrogen and oxygen atoms in total. The molecule has 0 radical (unpaired) electrons. The van der Waals surface area contributed by atoms with Gasteiger partial charge in [0.15, 0.2) is 5.96 Å². The van der Waals surface area contributed by atoms with Crippen molar-refractivity contribution in [2.45, 2.75) is 39.3 Å². The molecule has 0 aliphatic carbocycles. The zero-order valence-corrected chi connectivity index (χ0v) is 20.5. The Kier molecular flexibility index (Phi) is 10.1. The molecule has 0 saturated carbocycles. The van der Waals surface area contributed by atoms with E-state index in [-0.39, 0.29) is 6.10 Å². The molecular formula is C25H43N5O2. The fourth-order valence-electron chi connectivity index (χ4n) is 4.60. The summed E-state index contributed by atoms with van der Waals surface area (Å²) in [5.74, 6) is 3.19. The summed E-state index contributed by atoms with van der Waals surface area (Å²) in [7, 11) is 3.56. The van der Waals surface area contributed by atoms with Crippen LogP contribution in [0.4, 0.5) is 0 Å². The van der Waals surface area contributed by atoms with Crippen molar-refractivity contribution >= 4 is 5.96 Å². The molecule has 0 aromatic heterocycles.